The number of hydrogen-bond acceptors (Lipinski definition) is 5. The number of para-hydroxylation sites is 1. The van der Waals surface area contributed by atoms with Gasteiger partial charge in [-0.2, -0.15) is 0 Å². The number of carbonyl (C=O) groups excluding carboxylic acids is 3. The zero-order valence-corrected chi connectivity index (χ0v) is 25.0. The van der Waals surface area contributed by atoms with Crippen LogP contribution in [0.25, 0.3) is 0 Å². The highest BCUT2D eigenvalue weighted by atomic mass is 16.6. The largest absolute Gasteiger partial charge is 0.507 e. The van der Waals surface area contributed by atoms with Crippen LogP contribution >= 0.6 is 0 Å². The first-order valence-electron chi connectivity index (χ1n) is 14.4. The monoisotopic (exact) mass is 571 g/mol. The fourth-order valence-corrected chi connectivity index (χ4v) is 5.05. The van der Waals surface area contributed by atoms with Crippen LogP contribution in [0.1, 0.15) is 62.4 Å². The number of aromatic hydroxyl groups is 1. The fraction of sp³-hybridized carbons (Fsp3) is 0.382. The Morgan fingerprint density at radius 1 is 0.952 bits per heavy atom. The molecule has 0 bridgehead atoms. The van der Waals surface area contributed by atoms with Gasteiger partial charge in [-0.3, -0.25) is 9.59 Å². The fourth-order valence-electron chi connectivity index (χ4n) is 5.05. The number of carbonyl (C=O) groups is 3. The number of nitrogens with zero attached hydrogens (tertiary/aromatic N) is 1. The molecule has 1 aliphatic carbocycles. The smallest absolute Gasteiger partial charge is 0.408 e. The van der Waals surface area contributed by atoms with Crippen LogP contribution in [0.4, 0.5) is 4.79 Å². The van der Waals surface area contributed by atoms with Crippen LogP contribution < -0.4 is 10.6 Å². The summed E-state index contributed by atoms with van der Waals surface area (Å²) in [5, 5.41) is 16.9. The molecule has 3 aromatic rings. The quantitative estimate of drug-likeness (QED) is 0.301. The summed E-state index contributed by atoms with van der Waals surface area (Å²) in [5.41, 5.74) is 1.92. The standard InChI is InChI=1S/C34H41N3O5/c1-22-13-12-18-26(30(22)38)29(31(39)35-21-25-16-10-7-11-17-25)37(28-19-23(28)2)32(40)27(20-24-14-8-6-9-15-24)36-33(41)42-34(3,4)5/h6-18,23,27-29,38H,19-21H2,1-5H3,(H,35,39)(H,36,41). The third kappa shape index (κ3) is 7.90. The predicted octanol–water partition coefficient (Wildman–Crippen LogP) is 5.43. The lowest BCUT2D eigenvalue weighted by atomic mass is 9.97. The minimum absolute atomic E-state index is 0.0387. The SMILES string of the molecule is Cc1cccc(C(C(=O)NCc2ccccc2)N(C(=O)C(Cc2ccccc2)NC(=O)OC(C)(C)C)C2CC2C)c1O. The van der Waals surface area contributed by atoms with Crippen molar-refractivity contribution >= 4 is 17.9 Å². The molecule has 0 saturated heterocycles. The minimum atomic E-state index is -1.12. The molecule has 4 rings (SSSR count). The van der Waals surface area contributed by atoms with E-state index in [0.29, 0.717) is 17.5 Å². The van der Waals surface area contributed by atoms with Crippen molar-refractivity contribution in [2.45, 2.75) is 77.7 Å². The zero-order valence-electron chi connectivity index (χ0n) is 25.0. The number of phenols is 1. The van der Waals surface area contributed by atoms with E-state index in [4.69, 9.17) is 4.74 Å². The summed E-state index contributed by atoms with van der Waals surface area (Å²) in [4.78, 5) is 43.1. The van der Waals surface area contributed by atoms with Gasteiger partial charge in [0.15, 0.2) is 0 Å². The van der Waals surface area contributed by atoms with E-state index in [9.17, 15) is 19.5 Å². The summed E-state index contributed by atoms with van der Waals surface area (Å²) < 4.78 is 5.51. The summed E-state index contributed by atoms with van der Waals surface area (Å²) >= 11 is 0. The molecule has 4 unspecified atom stereocenters. The highest BCUT2D eigenvalue weighted by molar-refractivity contribution is 5.93. The maximum absolute atomic E-state index is 14.6. The molecule has 0 heterocycles. The molecule has 1 saturated carbocycles. The number of ether oxygens (including phenoxy) is 1. The molecule has 3 N–H and O–H groups in total. The second-order valence-corrected chi connectivity index (χ2v) is 12.0. The van der Waals surface area contributed by atoms with Crippen LogP contribution in [0, 0.1) is 12.8 Å². The molecule has 0 aromatic heterocycles. The Labute approximate surface area is 248 Å². The molecule has 0 radical (unpaired) electrons. The van der Waals surface area contributed by atoms with Gasteiger partial charge < -0.3 is 25.4 Å². The minimum Gasteiger partial charge on any atom is -0.507 e. The molecule has 0 spiro atoms. The number of rotatable bonds is 10. The summed E-state index contributed by atoms with van der Waals surface area (Å²) in [6.45, 7) is 9.30. The third-order valence-electron chi connectivity index (χ3n) is 7.35. The van der Waals surface area contributed by atoms with Gasteiger partial charge in [0.1, 0.15) is 23.4 Å². The second kappa shape index (κ2) is 13.1. The van der Waals surface area contributed by atoms with Crippen molar-refractivity contribution in [2.24, 2.45) is 5.92 Å². The summed E-state index contributed by atoms with van der Waals surface area (Å²) in [7, 11) is 0. The lowest BCUT2D eigenvalue weighted by molar-refractivity contribution is -0.143. The number of aryl methyl sites for hydroxylation is 1. The van der Waals surface area contributed by atoms with Gasteiger partial charge in [0, 0.05) is 24.6 Å². The molecule has 8 nitrogen and oxygen atoms in total. The number of hydrogen-bond donors (Lipinski definition) is 3. The first-order valence-corrected chi connectivity index (χ1v) is 14.4. The summed E-state index contributed by atoms with van der Waals surface area (Å²) in [5.74, 6) is -0.727. The molecule has 3 aromatic carbocycles. The number of phenolic OH excluding ortho intramolecular Hbond substituents is 1. The van der Waals surface area contributed by atoms with Crippen molar-refractivity contribution in [1.29, 1.82) is 0 Å². The second-order valence-electron chi connectivity index (χ2n) is 12.0. The molecule has 4 atom stereocenters. The van der Waals surface area contributed by atoms with Crippen molar-refractivity contribution in [3.8, 4) is 5.75 Å². The first-order chi connectivity index (χ1) is 19.9. The molecule has 0 aliphatic heterocycles. The van der Waals surface area contributed by atoms with E-state index < -0.39 is 35.6 Å². The van der Waals surface area contributed by atoms with Crippen molar-refractivity contribution in [2.75, 3.05) is 0 Å². The van der Waals surface area contributed by atoms with Gasteiger partial charge in [0.2, 0.25) is 11.8 Å². The topological polar surface area (TPSA) is 108 Å². The number of benzene rings is 3. The first kappa shape index (κ1) is 30.6. The number of nitrogens with one attached hydrogen (secondary N) is 2. The third-order valence-corrected chi connectivity index (χ3v) is 7.35. The Balaban J connectivity index is 1.73. The number of amides is 3. The zero-order chi connectivity index (χ0) is 30.4. The molecular weight excluding hydrogens is 530 g/mol. The summed E-state index contributed by atoms with van der Waals surface area (Å²) in [6.07, 6.45) is 0.184. The van der Waals surface area contributed by atoms with E-state index in [0.717, 1.165) is 11.1 Å². The molecule has 8 heteroatoms. The maximum Gasteiger partial charge on any atom is 0.408 e. The van der Waals surface area contributed by atoms with Gasteiger partial charge in [-0.25, -0.2) is 4.79 Å². The lowest BCUT2D eigenvalue weighted by Gasteiger charge is -2.35. The average molecular weight is 572 g/mol. The Bertz CT molecular complexity index is 1390. The highest BCUT2D eigenvalue weighted by Crippen LogP contribution is 2.43. The van der Waals surface area contributed by atoms with Gasteiger partial charge in [-0.15, -0.1) is 0 Å². The van der Waals surface area contributed by atoms with Crippen LogP contribution in [0.3, 0.4) is 0 Å². The van der Waals surface area contributed by atoms with E-state index in [-0.39, 0.29) is 30.7 Å². The Morgan fingerprint density at radius 3 is 2.12 bits per heavy atom. The van der Waals surface area contributed by atoms with Gasteiger partial charge in [0.25, 0.3) is 0 Å². The molecule has 222 valence electrons. The van der Waals surface area contributed by atoms with Crippen LogP contribution in [0.5, 0.6) is 5.75 Å². The van der Waals surface area contributed by atoms with Gasteiger partial charge in [0.05, 0.1) is 0 Å². The molecule has 3 amide bonds. The molecule has 42 heavy (non-hydrogen) atoms. The van der Waals surface area contributed by atoms with Crippen molar-refractivity contribution in [3.05, 3.63) is 101 Å². The van der Waals surface area contributed by atoms with Crippen LogP contribution in [0.2, 0.25) is 0 Å². The normalized spacial score (nSPS) is 17.5. The number of alkyl carbamates (subject to hydrolysis) is 1. The van der Waals surface area contributed by atoms with Crippen molar-refractivity contribution < 1.29 is 24.2 Å². The van der Waals surface area contributed by atoms with Crippen LogP contribution in [0.15, 0.2) is 78.9 Å². The van der Waals surface area contributed by atoms with Crippen molar-refractivity contribution in [3.63, 3.8) is 0 Å². The molecule has 1 fully saturated rings. The maximum atomic E-state index is 14.6. The molecular formula is C34H41N3O5. The molecule has 1 aliphatic rings. The van der Waals surface area contributed by atoms with Crippen LogP contribution in [-0.2, 0) is 27.3 Å². The lowest BCUT2D eigenvalue weighted by Crippen LogP contribution is -2.54. The Hall–Kier alpha value is -4.33. The van der Waals surface area contributed by atoms with E-state index >= 15 is 0 Å². The predicted molar refractivity (Wildman–Crippen MR) is 162 cm³/mol. The van der Waals surface area contributed by atoms with E-state index in [1.54, 1.807) is 50.8 Å². The van der Waals surface area contributed by atoms with Crippen molar-refractivity contribution in [1.82, 2.24) is 15.5 Å². The van der Waals surface area contributed by atoms with Gasteiger partial charge >= 0.3 is 6.09 Å². The Kier molecular flexibility index (Phi) is 9.55. The van der Waals surface area contributed by atoms with Gasteiger partial charge in [-0.05, 0) is 56.7 Å². The van der Waals surface area contributed by atoms with Gasteiger partial charge in [-0.1, -0.05) is 85.8 Å². The van der Waals surface area contributed by atoms with E-state index in [1.165, 1.54) is 0 Å². The highest BCUT2D eigenvalue weighted by Gasteiger charge is 2.48. The average Bonchev–Trinajstić information content (AvgIpc) is 3.67. The Morgan fingerprint density at radius 2 is 1.55 bits per heavy atom. The van der Waals surface area contributed by atoms with E-state index in [2.05, 4.69) is 10.6 Å². The van der Waals surface area contributed by atoms with Crippen LogP contribution in [-0.4, -0.2) is 45.6 Å². The summed E-state index contributed by atoms with van der Waals surface area (Å²) in [6, 6.07) is 21.7. The van der Waals surface area contributed by atoms with E-state index in [1.807, 2.05) is 67.6 Å².